The van der Waals surface area contributed by atoms with Crippen LogP contribution in [0.5, 0.6) is 11.5 Å². The van der Waals surface area contributed by atoms with E-state index in [0.717, 1.165) is 25.8 Å². The van der Waals surface area contributed by atoms with Gasteiger partial charge in [-0.1, -0.05) is 6.42 Å². The molecule has 1 heterocycles. The van der Waals surface area contributed by atoms with Crippen molar-refractivity contribution in [2.24, 2.45) is 0 Å². The summed E-state index contributed by atoms with van der Waals surface area (Å²) in [4.78, 5) is 0. The molecule has 17 heavy (non-hydrogen) atoms. The van der Waals surface area contributed by atoms with Crippen molar-refractivity contribution in [3.8, 4) is 11.5 Å². The van der Waals surface area contributed by atoms with E-state index in [1.54, 1.807) is 13.0 Å². The Balaban J connectivity index is 2.40. The molecule has 0 aromatic heterocycles. The first kappa shape index (κ1) is 12.2. The fourth-order valence-corrected chi connectivity index (χ4v) is 2.41. The predicted molar refractivity (Wildman–Crippen MR) is 63.9 cm³/mol. The second kappa shape index (κ2) is 4.92. The SMILES string of the molecule is COc1c(C)cc(C2CCCCN2)c(O)c1F. The molecule has 3 nitrogen and oxygen atoms in total. The summed E-state index contributed by atoms with van der Waals surface area (Å²) >= 11 is 0. The Morgan fingerprint density at radius 3 is 2.82 bits per heavy atom. The average Bonchev–Trinajstić information content (AvgIpc) is 2.35. The maximum Gasteiger partial charge on any atom is 0.207 e. The molecule has 1 atom stereocenters. The highest BCUT2D eigenvalue weighted by molar-refractivity contribution is 5.48. The number of methoxy groups -OCH3 is 1. The fourth-order valence-electron chi connectivity index (χ4n) is 2.41. The molecule has 2 rings (SSSR count). The molecule has 1 aliphatic rings. The smallest absolute Gasteiger partial charge is 0.207 e. The summed E-state index contributed by atoms with van der Waals surface area (Å²) in [5.74, 6) is -0.816. The Hall–Kier alpha value is -1.29. The van der Waals surface area contributed by atoms with Crippen LogP contribution in [0, 0.1) is 12.7 Å². The summed E-state index contributed by atoms with van der Waals surface area (Å²) in [6.45, 7) is 2.70. The van der Waals surface area contributed by atoms with Crippen LogP contribution in [0.1, 0.15) is 36.4 Å². The average molecular weight is 239 g/mol. The van der Waals surface area contributed by atoms with Gasteiger partial charge >= 0.3 is 0 Å². The third kappa shape index (κ3) is 2.22. The highest BCUT2D eigenvalue weighted by Crippen LogP contribution is 2.38. The number of ether oxygens (including phenoxy) is 1. The minimum Gasteiger partial charge on any atom is -0.504 e. The van der Waals surface area contributed by atoms with E-state index in [0.29, 0.717) is 11.1 Å². The van der Waals surface area contributed by atoms with Gasteiger partial charge in [0.05, 0.1) is 7.11 Å². The van der Waals surface area contributed by atoms with Crippen molar-refractivity contribution in [3.05, 3.63) is 23.0 Å². The van der Waals surface area contributed by atoms with Gasteiger partial charge in [-0.25, -0.2) is 0 Å². The number of benzene rings is 1. The molecule has 94 valence electrons. The normalized spacial score (nSPS) is 20.3. The third-order valence-electron chi connectivity index (χ3n) is 3.30. The molecule has 0 saturated carbocycles. The van der Waals surface area contributed by atoms with Gasteiger partial charge in [0.2, 0.25) is 5.82 Å². The lowest BCUT2D eigenvalue weighted by Crippen LogP contribution is -2.27. The summed E-state index contributed by atoms with van der Waals surface area (Å²) < 4.78 is 18.8. The molecule has 0 bridgehead atoms. The fraction of sp³-hybridized carbons (Fsp3) is 0.538. The molecule has 1 aromatic rings. The van der Waals surface area contributed by atoms with Gasteiger partial charge in [0, 0.05) is 11.6 Å². The lowest BCUT2D eigenvalue weighted by atomic mass is 9.95. The van der Waals surface area contributed by atoms with E-state index in [2.05, 4.69) is 5.32 Å². The predicted octanol–water partition coefficient (Wildman–Crippen LogP) is 2.66. The number of nitrogens with one attached hydrogen (secondary N) is 1. The molecule has 1 saturated heterocycles. The van der Waals surface area contributed by atoms with Crippen molar-refractivity contribution >= 4 is 0 Å². The Labute approximate surface area is 101 Å². The number of hydrogen-bond acceptors (Lipinski definition) is 3. The van der Waals surface area contributed by atoms with Crippen LogP contribution < -0.4 is 10.1 Å². The molecule has 0 aliphatic carbocycles. The molecule has 1 fully saturated rings. The number of phenols is 1. The first-order valence-corrected chi connectivity index (χ1v) is 5.94. The van der Waals surface area contributed by atoms with Crippen LogP contribution in [0.15, 0.2) is 6.07 Å². The molecular formula is C13H18FNO2. The topological polar surface area (TPSA) is 41.5 Å². The van der Waals surface area contributed by atoms with E-state index < -0.39 is 5.82 Å². The molecule has 1 aliphatic heterocycles. The molecule has 1 unspecified atom stereocenters. The van der Waals surface area contributed by atoms with Crippen LogP contribution in [0.25, 0.3) is 0 Å². The molecular weight excluding hydrogens is 221 g/mol. The highest BCUT2D eigenvalue weighted by Gasteiger charge is 2.23. The summed E-state index contributed by atoms with van der Waals surface area (Å²) in [6.07, 6.45) is 3.16. The Kier molecular flexibility index (Phi) is 3.52. The molecule has 2 N–H and O–H groups in total. The van der Waals surface area contributed by atoms with Crippen LogP contribution in [0.4, 0.5) is 4.39 Å². The van der Waals surface area contributed by atoms with Crippen molar-refractivity contribution < 1.29 is 14.2 Å². The Morgan fingerprint density at radius 2 is 2.24 bits per heavy atom. The van der Waals surface area contributed by atoms with Gasteiger partial charge < -0.3 is 15.2 Å². The van der Waals surface area contributed by atoms with Gasteiger partial charge in [0.25, 0.3) is 0 Å². The lowest BCUT2D eigenvalue weighted by molar-refractivity contribution is 0.347. The van der Waals surface area contributed by atoms with Crippen LogP contribution in [-0.2, 0) is 0 Å². The number of aromatic hydroxyl groups is 1. The van der Waals surface area contributed by atoms with Crippen molar-refractivity contribution in [2.75, 3.05) is 13.7 Å². The minimum atomic E-state index is -0.658. The zero-order valence-electron chi connectivity index (χ0n) is 10.2. The largest absolute Gasteiger partial charge is 0.504 e. The van der Waals surface area contributed by atoms with Crippen molar-refractivity contribution in [1.29, 1.82) is 0 Å². The van der Waals surface area contributed by atoms with Crippen LogP contribution in [-0.4, -0.2) is 18.8 Å². The monoisotopic (exact) mass is 239 g/mol. The van der Waals surface area contributed by atoms with Gasteiger partial charge in [0.15, 0.2) is 11.5 Å². The van der Waals surface area contributed by atoms with E-state index in [9.17, 15) is 9.50 Å². The van der Waals surface area contributed by atoms with E-state index in [1.165, 1.54) is 7.11 Å². The first-order chi connectivity index (χ1) is 8.15. The van der Waals surface area contributed by atoms with E-state index >= 15 is 0 Å². The first-order valence-electron chi connectivity index (χ1n) is 5.94. The van der Waals surface area contributed by atoms with E-state index in [-0.39, 0.29) is 17.5 Å². The summed E-state index contributed by atoms with van der Waals surface area (Å²) in [5.41, 5.74) is 1.35. The summed E-state index contributed by atoms with van der Waals surface area (Å²) in [7, 11) is 1.41. The van der Waals surface area contributed by atoms with Crippen LogP contribution in [0.2, 0.25) is 0 Å². The molecule has 1 aromatic carbocycles. The summed E-state index contributed by atoms with van der Waals surface area (Å²) in [5, 5.41) is 13.2. The van der Waals surface area contributed by atoms with Crippen LogP contribution >= 0.6 is 0 Å². The molecule has 0 radical (unpaired) electrons. The molecule has 0 spiro atoms. The molecule has 0 amide bonds. The minimum absolute atomic E-state index is 0.0443. The Bertz CT molecular complexity index is 414. The van der Waals surface area contributed by atoms with Gasteiger partial charge in [-0.2, -0.15) is 4.39 Å². The second-order valence-electron chi connectivity index (χ2n) is 4.48. The van der Waals surface area contributed by atoms with E-state index in [1.807, 2.05) is 0 Å². The van der Waals surface area contributed by atoms with E-state index in [4.69, 9.17) is 4.74 Å². The summed E-state index contributed by atoms with van der Waals surface area (Å²) in [6, 6.07) is 1.85. The Morgan fingerprint density at radius 1 is 1.47 bits per heavy atom. The number of phenolic OH excluding ortho intramolecular Hbond substituents is 1. The standard InChI is InChI=1S/C13H18FNO2/c1-8-7-9(10-5-3-4-6-15-10)12(16)11(14)13(8)17-2/h7,10,15-16H,3-6H2,1-2H3. The zero-order valence-corrected chi connectivity index (χ0v) is 10.2. The van der Waals surface area contributed by atoms with Crippen molar-refractivity contribution in [1.82, 2.24) is 5.32 Å². The highest BCUT2D eigenvalue weighted by atomic mass is 19.1. The van der Waals surface area contributed by atoms with Gasteiger partial charge in [0.1, 0.15) is 0 Å². The van der Waals surface area contributed by atoms with Gasteiger partial charge in [-0.05, 0) is 37.9 Å². The van der Waals surface area contributed by atoms with Gasteiger partial charge in [-0.15, -0.1) is 0 Å². The zero-order chi connectivity index (χ0) is 12.4. The third-order valence-corrected chi connectivity index (χ3v) is 3.30. The quantitative estimate of drug-likeness (QED) is 0.833. The maximum atomic E-state index is 13.9. The maximum absolute atomic E-state index is 13.9. The lowest BCUT2D eigenvalue weighted by Gasteiger charge is -2.25. The number of aryl methyl sites for hydroxylation is 1. The number of rotatable bonds is 2. The number of halogens is 1. The van der Waals surface area contributed by atoms with Crippen LogP contribution in [0.3, 0.4) is 0 Å². The van der Waals surface area contributed by atoms with Crippen molar-refractivity contribution in [3.63, 3.8) is 0 Å². The number of piperidine rings is 1. The van der Waals surface area contributed by atoms with Crippen molar-refractivity contribution in [2.45, 2.75) is 32.2 Å². The molecule has 4 heteroatoms. The number of hydrogen-bond donors (Lipinski definition) is 2. The van der Waals surface area contributed by atoms with Gasteiger partial charge in [-0.3, -0.25) is 0 Å². The second-order valence-corrected chi connectivity index (χ2v) is 4.48.